The predicted octanol–water partition coefficient (Wildman–Crippen LogP) is 3.38. The van der Waals surface area contributed by atoms with Crippen LogP contribution >= 0.6 is 0 Å². The van der Waals surface area contributed by atoms with Crippen LogP contribution in [0.3, 0.4) is 0 Å². The van der Waals surface area contributed by atoms with E-state index in [9.17, 15) is 5.21 Å². The van der Waals surface area contributed by atoms with Crippen LogP contribution in [-0.4, -0.2) is 20.4 Å². The highest BCUT2D eigenvalue weighted by atomic mass is 16.5. The molecule has 2 aromatic rings. The molecule has 0 aliphatic carbocycles. The lowest BCUT2D eigenvalue weighted by Crippen LogP contribution is -2.25. The number of rotatable bonds is 2. The van der Waals surface area contributed by atoms with E-state index in [1.807, 2.05) is 12.1 Å². The smallest absolute Gasteiger partial charge is 0.130 e. The minimum absolute atomic E-state index is 0.00616. The van der Waals surface area contributed by atoms with Crippen molar-refractivity contribution in [3.05, 3.63) is 23.8 Å². The summed E-state index contributed by atoms with van der Waals surface area (Å²) in [4.78, 5) is 0.839. The Morgan fingerprint density at radius 3 is 2.44 bits per heavy atom. The molecule has 0 spiro atoms. The molecule has 0 unspecified atom stereocenters. The molecule has 1 N–H and O–H groups in total. The summed E-state index contributed by atoms with van der Waals surface area (Å²) in [5.74, 6) is 0. The SMILES string of the molecule is CC(C)(C)CC(C)(C)c1cccc2c1nnn2O. The van der Waals surface area contributed by atoms with E-state index in [4.69, 9.17) is 0 Å². The Labute approximate surface area is 108 Å². The molecule has 18 heavy (non-hydrogen) atoms. The minimum atomic E-state index is -0.00616. The van der Waals surface area contributed by atoms with E-state index >= 15 is 0 Å². The fourth-order valence-electron chi connectivity index (χ4n) is 2.90. The minimum Gasteiger partial charge on any atom is -0.410 e. The van der Waals surface area contributed by atoms with Gasteiger partial charge in [-0.15, -0.1) is 5.10 Å². The third kappa shape index (κ3) is 2.33. The first kappa shape index (κ1) is 12.9. The number of benzene rings is 1. The van der Waals surface area contributed by atoms with E-state index in [1.54, 1.807) is 0 Å². The molecule has 1 aromatic carbocycles. The van der Waals surface area contributed by atoms with Crippen LogP contribution in [0.4, 0.5) is 0 Å². The van der Waals surface area contributed by atoms with Crippen LogP contribution in [0.2, 0.25) is 0 Å². The zero-order valence-corrected chi connectivity index (χ0v) is 11.7. The van der Waals surface area contributed by atoms with Crippen molar-refractivity contribution < 1.29 is 5.21 Å². The van der Waals surface area contributed by atoms with Crippen LogP contribution in [0.15, 0.2) is 18.2 Å². The van der Waals surface area contributed by atoms with Crippen molar-refractivity contribution in [2.75, 3.05) is 0 Å². The Morgan fingerprint density at radius 2 is 1.83 bits per heavy atom. The highest BCUT2D eigenvalue weighted by Gasteiger charge is 2.29. The van der Waals surface area contributed by atoms with Gasteiger partial charge in [-0.25, -0.2) is 0 Å². The first-order chi connectivity index (χ1) is 8.21. The molecule has 4 heteroatoms. The summed E-state index contributed by atoms with van der Waals surface area (Å²) < 4.78 is 0. The number of nitrogens with zero attached hydrogens (tertiary/aromatic N) is 3. The van der Waals surface area contributed by atoms with Gasteiger partial charge in [-0.1, -0.05) is 51.6 Å². The van der Waals surface area contributed by atoms with Crippen molar-refractivity contribution in [3.8, 4) is 0 Å². The van der Waals surface area contributed by atoms with Gasteiger partial charge >= 0.3 is 0 Å². The van der Waals surface area contributed by atoms with Gasteiger partial charge in [0.2, 0.25) is 0 Å². The summed E-state index contributed by atoms with van der Waals surface area (Å²) in [5.41, 5.74) is 2.81. The zero-order valence-electron chi connectivity index (χ0n) is 11.7. The van der Waals surface area contributed by atoms with E-state index in [0.717, 1.165) is 22.3 Å². The summed E-state index contributed by atoms with van der Waals surface area (Å²) >= 11 is 0. The van der Waals surface area contributed by atoms with Gasteiger partial charge < -0.3 is 5.21 Å². The van der Waals surface area contributed by atoms with Crippen LogP contribution in [0.5, 0.6) is 0 Å². The number of hydrogen-bond donors (Lipinski definition) is 1. The highest BCUT2D eigenvalue weighted by Crippen LogP contribution is 2.38. The maximum Gasteiger partial charge on any atom is 0.130 e. The lowest BCUT2D eigenvalue weighted by Gasteiger charge is -2.32. The van der Waals surface area contributed by atoms with Gasteiger partial charge in [0.05, 0.1) is 0 Å². The molecule has 4 nitrogen and oxygen atoms in total. The fourth-order valence-corrected chi connectivity index (χ4v) is 2.90. The Balaban J connectivity index is 2.53. The second kappa shape index (κ2) is 3.97. The van der Waals surface area contributed by atoms with Crippen molar-refractivity contribution in [1.82, 2.24) is 15.2 Å². The number of fused-ring (bicyclic) bond motifs is 1. The summed E-state index contributed by atoms with van der Waals surface area (Å²) in [5, 5.41) is 17.3. The maximum absolute atomic E-state index is 9.58. The molecule has 1 aromatic heterocycles. The van der Waals surface area contributed by atoms with E-state index in [-0.39, 0.29) is 10.8 Å². The monoisotopic (exact) mass is 247 g/mol. The Hall–Kier alpha value is -1.58. The van der Waals surface area contributed by atoms with Crippen molar-refractivity contribution in [2.24, 2.45) is 5.41 Å². The lowest BCUT2D eigenvalue weighted by atomic mass is 9.72. The third-order valence-corrected chi connectivity index (χ3v) is 3.16. The quantitative estimate of drug-likeness (QED) is 0.828. The van der Waals surface area contributed by atoms with Gasteiger partial charge in [0, 0.05) is 0 Å². The van der Waals surface area contributed by atoms with Gasteiger partial charge in [0.1, 0.15) is 11.0 Å². The molecule has 98 valence electrons. The molecular weight excluding hydrogens is 226 g/mol. The third-order valence-electron chi connectivity index (χ3n) is 3.16. The van der Waals surface area contributed by atoms with E-state index in [2.05, 4.69) is 51.0 Å². The standard InChI is InChI=1S/C14H21N3O/c1-13(2,3)9-14(4,5)10-7-6-8-11-12(10)15-16-17(11)18/h6-8,18H,9H2,1-5H3. The molecule has 0 radical (unpaired) electrons. The van der Waals surface area contributed by atoms with Crippen LogP contribution in [0, 0.1) is 5.41 Å². The van der Waals surface area contributed by atoms with Gasteiger partial charge in [-0.3, -0.25) is 0 Å². The molecule has 0 saturated heterocycles. The van der Waals surface area contributed by atoms with Gasteiger partial charge in [0.15, 0.2) is 0 Å². The maximum atomic E-state index is 9.58. The summed E-state index contributed by atoms with van der Waals surface area (Å²) in [6.45, 7) is 11.1. The topological polar surface area (TPSA) is 50.9 Å². The van der Waals surface area contributed by atoms with Crippen LogP contribution in [-0.2, 0) is 5.41 Å². The predicted molar refractivity (Wildman–Crippen MR) is 71.8 cm³/mol. The lowest BCUT2D eigenvalue weighted by molar-refractivity contribution is 0.155. The van der Waals surface area contributed by atoms with Crippen molar-refractivity contribution in [2.45, 2.75) is 46.5 Å². The summed E-state index contributed by atoms with van der Waals surface area (Å²) in [7, 11) is 0. The average Bonchev–Trinajstić information content (AvgIpc) is 2.57. The molecular formula is C14H21N3O. The number of aromatic nitrogens is 3. The Bertz CT molecular complexity index is 564. The zero-order chi connectivity index (χ0) is 13.6. The molecule has 0 atom stereocenters. The second-order valence-corrected chi connectivity index (χ2v) is 6.77. The van der Waals surface area contributed by atoms with E-state index in [0.29, 0.717) is 5.52 Å². The molecule has 0 bridgehead atoms. The van der Waals surface area contributed by atoms with Crippen molar-refractivity contribution in [3.63, 3.8) is 0 Å². The van der Waals surface area contributed by atoms with Crippen molar-refractivity contribution in [1.29, 1.82) is 0 Å². The summed E-state index contributed by atoms with van der Waals surface area (Å²) in [6.07, 6.45) is 1.04. The molecule has 0 saturated carbocycles. The van der Waals surface area contributed by atoms with E-state index < -0.39 is 0 Å². The fraction of sp³-hybridized carbons (Fsp3) is 0.571. The largest absolute Gasteiger partial charge is 0.410 e. The van der Waals surface area contributed by atoms with Gasteiger partial charge in [-0.2, -0.15) is 0 Å². The molecule has 1 heterocycles. The molecule has 0 aliphatic rings. The summed E-state index contributed by atoms with van der Waals surface area (Å²) in [6, 6.07) is 5.84. The van der Waals surface area contributed by atoms with E-state index in [1.165, 1.54) is 0 Å². The van der Waals surface area contributed by atoms with Crippen LogP contribution in [0.25, 0.3) is 11.0 Å². The average molecular weight is 247 g/mol. The first-order valence-electron chi connectivity index (χ1n) is 6.25. The Kier molecular flexibility index (Phi) is 2.84. The molecule has 0 amide bonds. The Morgan fingerprint density at radius 1 is 1.17 bits per heavy atom. The van der Waals surface area contributed by atoms with Crippen molar-refractivity contribution >= 4 is 11.0 Å². The molecule has 0 aliphatic heterocycles. The van der Waals surface area contributed by atoms with Gasteiger partial charge in [-0.05, 0) is 34.1 Å². The first-order valence-corrected chi connectivity index (χ1v) is 6.25. The molecule has 0 fully saturated rings. The highest BCUT2D eigenvalue weighted by molar-refractivity contribution is 5.78. The molecule has 2 rings (SSSR count). The second-order valence-electron chi connectivity index (χ2n) is 6.77. The van der Waals surface area contributed by atoms with Gasteiger partial charge in [0.25, 0.3) is 0 Å². The number of hydrogen-bond acceptors (Lipinski definition) is 3. The normalized spacial score (nSPS) is 13.2. The van der Waals surface area contributed by atoms with Crippen LogP contribution in [0.1, 0.15) is 46.6 Å². The van der Waals surface area contributed by atoms with Crippen LogP contribution < -0.4 is 0 Å².